The first-order valence-electron chi connectivity index (χ1n) is 6.77. The van der Waals surface area contributed by atoms with Crippen LogP contribution in [0.2, 0.25) is 10.0 Å². The summed E-state index contributed by atoms with van der Waals surface area (Å²) in [6.07, 6.45) is 5.56. The van der Waals surface area contributed by atoms with E-state index in [0.29, 0.717) is 10.0 Å². The third-order valence-electron chi connectivity index (χ3n) is 3.38. The first-order chi connectivity index (χ1) is 9.63. The van der Waals surface area contributed by atoms with Crippen molar-refractivity contribution in [3.8, 4) is 0 Å². The summed E-state index contributed by atoms with van der Waals surface area (Å²) in [7, 11) is 2.01. The minimum absolute atomic E-state index is 0.137. The highest BCUT2D eigenvalue weighted by atomic mass is 35.5. The maximum atomic E-state index is 6.31. The summed E-state index contributed by atoms with van der Waals surface area (Å²) in [5.74, 6) is 1.07. The van der Waals surface area contributed by atoms with E-state index in [1.54, 1.807) is 0 Å². The molecule has 0 radical (unpaired) electrons. The summed E-state index contributed by atoms with van der Waals surface area (Å²) in [5, 5.41) is 4.88. The minimum Gasteiger partial charge on any atom is -0.338 e. The van der Waals surface area contributed by atoms with E-state index in [1.165, 1.54) is 0 Å². The fourth-order valence-electron chi connectivity index (χ4n) is 2.35. The third-order valence-corrected chi connectivity index (χ3v) is 4.04. The van der Waals surface area contributed by atoms with E-state index in [1.807, 2.05) is 42.2 Å². The molecule has 2 aromatic rings. The van der Waals surface area contributed by atoms with Crippen LogP contribution in [0, 0.1) is 0 Å². The maximum Gasteiger partial charge on any atom is 0.108 e. The van der Waals surface area contributed by atoms with Crippen molar-refractivity contribution in [1.29, 1.82) is 0 Å². The lowest BCUT2D eigenvalue weighted by molar-refractivity contribution is 0.506. The van der Waals surface area contributed by atoms with Crippen LogP contribution in [0.25, 0.3) is 0 Å². The largest absolute Gasteiger partial charge is 0.338 e. The average Bonchev–Trinajstić information content (AvgIpc) is 2.81. The van der Waals surface area contributed by atoms with E-state index in [9.17, 15) is 0 Å². The second kappa shape index (κ2) is 7.11. The van der Waals surface area contributed by atoms with Crippen molar-refractivity contribution < 1.29 is 0 Å². The van der Waals surface area contributed by atoms with Gasteiger partial charge in [-0.05, 0) is 25.1 Å². The molecule has 0 amide bonds. The van der Waals surface area contributed by atoms with Crippen LogP contribution in [-0.4, -0.2) is 16.1 Å². The summed E-state index contributed by atoms with van der Waals surface area (Å²) >= 11 is 12.6. The van der Waals surface area contributed by atoms with Crippen LogP contribution in [-0.2, 0) is 13.5 Å². The molecule has 0 saturated heterocycles. The lowest BCUT2D eigenvalue weighted by Crippen LogP contribution is -2.22. The SMILES string of the molecule is CCNC(CCc1nccn1C)c1c(Cl)cccc1Cl. The van der Waals surface area contributed by atoms with Gasteiger partial charge in [0.15, 0.2) is 0 Å². The summed E-state index contributed by atoms with van der Waals surface area (Å²) in [5.41, 5.74) is 0.979. The van der Waals surface area contributed by atoms with Gasteiger partial charge in [0.2, 0.25) is 0 Å². The molecule has 0 bridgehead atoms. The maximum absolute atomic E-state index is 6.31. The van der Waals surface area contributed by atoms with Crippen LogP contribution in [0.5, 0.6) is 0 Å². The van der Waals surface area contributed by atoms with Gasteiger partial charge in [-0.2, -0.15) is 0 Å². The van der Waals surface area contributed by atoms with E-state index >= 15 is 0 Å². The van der Waals surface area contributed by atoms with Crippen molar-refractivity contribution in [1.82, 2.24) is 14.9 Å². The Hall–Kier alpha value is -1.03. The Bertz CT molecular complexity index is 546. The molecule has 1 heterocycles. The zero-order chi connectivity index (χ0) is 14.5. The van der Waals surface area contributed by atoms with E-state index in [0.717, 1.165) is 30.8 Å². The Kier molecular flexibility index (Phi) is 5.46. The van der Waals surface area contributed by atoms with E-state index in [-0.39, 0.29) is 6.04 Å². The molecule has 0 aliphatic carbocycles. The molecule has 2 rings (SSSR count). The first kappa shape index (κ1) is 15.4. The minimum atomic E-state index is 0.137. The van der Waals surface area contributed by atoms with Crippen molar-refractivity contribution in [3.05, 3.63) is 52.0 Å². The number of benzene rings is 1. The fraction of sp³-hybridized carbons (Fsp3) is 0.400. The zero-order valence-electron chi connectivity index (χ0n) is 11.7. The highest BCUT2D eigenvalue weighted by molar-refractivity contribution is 6.36. The van der Waals surface area contributed by atoms with Crippen molar-refractivity contribution >= 4 is 23.2 Å². The molecular weight excluding hydrogens is 293 g/mol. The van der Waals surface area contributed by atoms with Crippen LogP contribution in [0.15, 0.2) is 30.6 Å². The van der Waals surface area contributed by atoms with Crippen molar-refractivity contribution in [2.45, 2.75) is 25.8 Å². The number of halogens is 2. The number of rotatable bonds is 6. The number of nitrogens with zero attached hydrogens (tertiary/aromatic N) is 2. The monoisotopic (exact) mass is 311 g/mol. The van der Waals surface area contributed by atoms with Gasteiger partial charge in [-0.3, -0.25) is 0 Å². The molecule has 0 aliphatic heterocycles. The highest BCUT2D eigenvalue weighted by Crippen LogP contribution is 2.32. The normalized spacial score (nSPS) is 12.6. The molecule has 0 fully saturated rings. The van der Waals surface area contributed by atoms with Gasteiger partial charge in [-0.25, -0.2) is 4.98 Å². The number of aromatic nitrogens is 2. The van der Waals surface area contributed by atoms with Gasteiger partial charge >= 0.3 is 0 Å². The quantitative estimate of drug-likeness (QED) is 0.873. The fourth-order valence-corrected chi connectivity index (χ4v) is 3.01. The Labute approximate surface area is 129 Å². The average molecular weight is 312 g/mol. The van der Waals surface area contributed by atoms with Gasteiger partial charge in [0.25, 0.3) is 0 Å². The van der Waals surface area contributed by atoms with E-state index in [2.05, 4.69) is 17.2 Å². The van der Waals surface area contributed by atoms with E-state index in [4.69, 9.17) is 23.2 Å². The number of aryl methyl sites for hydroxylation is 2. The number of hydrogen-bond acceptors (Lipinski definition) is 2. The van der Waals surface area contributed by atoms with E-state index < -0.39 is 0 Å². The molecule has 3 nitrogen and oxygen atoms in total. The van der Waals surface area contributed by atoms with Gasteiger partial charge < -0.3 is 9.88 Å². The summed E-state index contributed by atoms with van der Waals surface area (Å²) in [6.45, 7) is 2.95. The Morgan fingerprint density at radius 3 is 2.55 bits per heavy atom. The smallest absolute Gasteiger partial charge is 0.108 e. The van der Waals surface area contributed by atoms with Crippen LogP contribution >= 0.6 is 23.2 Å². The molecule has 1 aromatic heterocycles. The molecule has 0 saturated carbocycles. The highest BCUT2D eigenvalue weighted by Gasteiger charge is 2.17. The summed E-state index contributed by atoms with van der Waals surface area (Å²) in [4.78, 5) is 4.36. The standard InChI is InChI=1S/C15H19Cl2N3/c1-3-18-13(7-8-14-19-9-10-20(14)2)15-11(16)5-4-6-12(15)17/h4-6,9-10,13,18H,3,7-8H2,1-2H3. The number of hydrogen-bond donors (Lipinski definition) is 1. The summed E-state index contributed by atoms with van der Waals surface area (Å²) < 4.78 is 2.04. The molecule has 5 heteroatoms. The van der Waals surface area contributed by atoms with Gasteiger partial charge in [0.1, 0.15) is 5.82 Å². The molecule has 0 spiro atoms. The van der Waals surface area contributed by atoms with Crippen LogP contribution in [0.1, 0.15) is 30.8 Å². The van der Waals surface area contributed by atoms with Crippen LogP contribution < -0.4 is 5.32 Å². The number of nitrogens with one attached hydrogen (secondary N) is 1. The zero-order valence-corrected chi connectivity index (χ0v) is 13.2. The lowest BCUT2D eigenvalue weighted by atomic mass is 10.0. The molecule has 20 heavy (non-hydrogen) atoms. The molecule has 1 unspecified atom stereocenters. The van der Waals surface area contributed by atoms with Crippen molar-refractivity contribution in [3.63, 3.8) is 0 Å². The molecule has 0 aliphatic rings. The second-order valence-corrected chi connectivity index (χ2v) is 5.55. The van der Waals surface area contributed by atoms with Crippen molar-refractivity contribution in [2.24, 2.45) is 7.05 Å². The second-order valence-electron chi connectivity index (χ2n) is 4.74. The molecule has 1 N–H and O–H groups in total. The van der Waals surface area contributed by atoms with Crippen molar-refractivity contribution in [2.75, 3.05) is 6.54 Å². The van der Waals surface area contributed by atoms with Gasteiger partial charge in [-0.1, -0.05) is 36.2 Å². The Morgan fingerprint density at radius 1 is 1.30 bits per heavy atom. The topological polar surface area (TPSA) is 29.9 Å². The molecule has 1 aromatic carbocycles. The third kappa shape index (κ3) is 3.54. The van der Waals surface area contributed by atoms with Crippen LogP contribution in [0.3, 0.4) is 0 Å². The molecule has 1 atom stereocenters. The van der Waals surface area contributed by atoms with Gasteiger partial charge in [-0.15, -0.1) is 0 Å². The van der Waals surface area contributed by atoms with Crippen LogP contribution in [0.4, 0.5) is 0 Å². The molecule has 108 valence electrons. The lowest BCUT2D eigenvalue weighted by Gasteiger charge is -2.20. The predicted molar refractivity (Wildman–Crippen MR) is 84.4 cm³/mol. The Balaban J connectivity index is 2.17. The predicted octanol–water partition coefficient (Wildman–Crippen LogP) is 4.01. The van der Waals surface area contributed by atoms with Gasteiger partial charge in [0, 0.05) is 47.5 Å². The first-order valence-corrected chi connectivity index (χ1v) is 7.52. The van der Waals surface area contributed by atoms with Gasteiger partial charge in [0.05, 0.1) is 0 Å². The Morgan fingerprint density at radius 2 is 2.00 bits per heavy atom. The molecular formula is C15H19Cl2N3. The summed E-state index contributed by atoms with van der Waals surface area (Å²) in [6, 6.07) is 5.77. The number of imidazole rings is 1.